The Kier molecular flexibility index (Phi) is 6.86. The Bertz CT molecular complexity index is 575. The largest absolute Gasteiger partial charge is 0.356 e. The van der Waals surface area contributed by atoms with Crippen LogP contribution >= 0.6 is 22.7 Å². The molecule has 2 rings (SSSR count). The molecule has 1 N–H and O–H groups in total. The van der Waals surface area contributed by atoms with Crippen LogP contribution < -0.4 is 5.32 Å². The molecule has 0 aliphatic rings. The molecule has 0 atom stereocenters. The summed E-state index contributed by atoms with van der Waals surface area (Å²) in [6.45, 7) is 3.95. The van der Waals surface area contributed by atoms with E-state index in [1.54, 1.807) is 11.3 Å². The number of aryl methyl sites for hydroxylation is 2. The summed E-state index contributed by atoms with van der Waals surface area (Å²) >= 11 is 3.56. The minimum absolute atomic E-state index is 0.925. The van der Waals surface area contributed by atoms with Gasteiger partial charge in [0.05, 0.1) is 5.01 Å². The van der Waals surface area contributed by atoms with E-state index in [9.17, 15) is 0 Å². The number of likely N-dealkylation sites (N-methyl/N-ethyl adjacent to an activating group) is 1. The molecule has 120 valence electrons. The predicted molar refractivity (Wildman–Crippen MR) is 97.2 cm³/mol. The normalized spacial score (nSPS) is 11.7. The Morgan fingerprint density at radius 2 is 2.23 bits per heavy atom. The number of aliphatic imine (C=N–C) groups is 1. The van der Waals surface area contributed by atoms with Crippen molar-refractivity contribution in [3.63, 3.8) is 0 Å². The van der Waals surface area contributed by atoms with E-state index in [1.165, 1.54) is 9.88 Å². The van der Waals surface area contributed by atoms with E-state index < -0.39 is 0 Å². The molecule has 22 heavy (non-hydrogen) atoms. The highest BCUT2D eigenvalue weighted by atomic mass is 32.1. The van der Waals surface area contributed by atoms with Crippen molar-refractivity contribution in [2.45, 2.75) is 26.2 Å². The third kappa shape index (κ3) is 5.42. The Hall–Kier alpha value is -1.40. The first kappa shape index (κ1) is 17.0. The first-order valence-corrected chi connectivity index (χ1v) is 9.30. The van der Waals surface area contributed by atoms with Crippen molar-refractivity contribution in [1.82, 2.24) is 15.2 Å². The van der Waals surface area contributed by atoms with Gasteiger partial charge in [-0.2, -0.15) is 0 Å². The number of hydrogen-bond acceptors (Lipinski definition) is 4. The van der Waals surface area contributed by atoms with E-state index in [4.69, 9.17) is 0 Å². The zero-order valence-corrected chi connectivity index (χ0v) is 15.1. The highest BCUT2D eigenvalue weighted by molar-refractivity contribution is 7.10. The van der Waals surface area contributed by atoms with E-state index in [1.807, 2.05) is 25.3 Å². The van der Waals surface area contributed by atoms with Crippen LogP contribution in [0.3, 0.4) is 0 Å². The van der Waals surface area contributed by atoms with Gasteiger partial charge in [0.25, 0.3) is 0 Å². The third-order valence-electron chi connectivity index (χ3n) is 3.36. The van der Waals surface area contributed by atoms with Crippen molar-refractivity contribution in [1.29, 1.82) is 0 Å². The predicted octanol–water partition coefficient (Wildman–Crippen LogP) is 3.20. The van der Waals surface area contributed by atoms with Crippen LogP contribution in [-0.4, -0.2) is 43.0 Å². The lowest BCUT2D eigenvalue weighted by Crippen LogP contribution is -2.40. The zero-order valence-electron chi connectivity index (χ0n) is 13.5. The number of aromatic nitrogens is 1. The number of guanidine groups is 1. The van der Waals surface area contributed by atoms with Crippen LogP contribution in [0.1, 0.15) is 22.0 Å². The van der Waals surface area contributed by atoms with Gasteiger partial charge >= 0.3 is 0 Å². The second kappa shape index (κ2) is 8.90. The molecule has 2 heterocycles. The molecule has 0 saturated heterocycles. The number of nitrogens with one attached hydrogen (secondary N) is 1. The van der Waals surface area contributed by atoms with Crippen LogP contribution in [0.2, 0.25) is 0 Å². The molecule has 2 aromatic heterocycles. The smallest absolute Gasteiger partial charge is 0.193 e. The van der Waals surface area contributed by atoms with Gasteiger partial charge in [0.15, 0.2) is 5.96 Å². The summed E-state index contributed by atoms with van der Waals surface area (Å²) in [6.07, 6.45) is 3.17. The summed E-state index contributed by atoms with van der Waals surface area (Å²) in [7, 11) is 3.93. The summed E-state index contributed by atoms with van der Waals surface area (Å²) in [5.74, 6) is 0.965. The molecule has 0 radical (unpaired) electrons. The zero-order chi connectivity index (χ0) is 15.8. The highest BCUT2D eigenvalue weighted by Crippen LogP contribution is 2.11. The van der Waals surface area contributed by atoms with Crippen LogP contribution in [-0.2, 0) is 12.8 Å². The average Bonchev–Trinajstić information content (AvgIpc) is 3.16. The number of nitrogens with zero attached hydrogens (tertiary/aromatic N) is 3. The Morgan fingerprint density at radius 1 is 1.36 bits per heavy atom. The number of thiophene rings is 1. The lowest BCUT2D eigenvalue weighted by molar-refractivity contribution is 0.485. The minimum Gasteiger partial charge on any atom is -0.356 e. The third-order valence-corrected chi connectivity index (χ3v) is 5.33. The maximum absolute atomic E-state index is 4.49. The summed E-state index contributed by atoms with van der Waals surface area (Å²) in [5.41, 5.74) is 1.12. The maximum Gasteiger partial charge on any atom is 0.193 e. The lowest BCUT2D eigenvalue weighted by atomic mass is 10.3. The fourth-order valence-electron chi connectivity index (χ4n) is 2.18. The quantitative estimate of drug-likeness (QED) is 0.479. The van der Waals surface area contributed by atoms with E-state index in [2.05, 4.69) is 50.1 Å². The van der Waals surface area contributed by atoms with Gasteiger partial charge in [-0.15, -0.1) is 22.7 Å². The van der Waals surface area contributed by atoms with Crippen LogP contribution in [0, 0.1) is 6.92 Å². The molecular weight excluding hydrogens is 312 g/mol. The second-order valence-electron chi connectivity index (χ2n) is 5.21. The Balaban J connectivity index is 1.67. The van der Waals surface area contributed by atoms with Crippen molar-refractivity contribution in [3.05, 3.63) is 38.5 Å². The molecule has 0 amide bonds. The molecule has 0 unspecified atom stereocenters. The number of hydrogen-bond donors (Lipinski definition) is 1. The van der Waals surface area contributed by atoms with Gasteiger partial charge in [-0.1, -0.05) is 6.07 Å². The first-order chi connectivity index (χ1) is 10.7. The van der Waals surface area contributed by atoms with Crippen LogP contribution in [0.4, 0.5) is 0 Å². The van der Waals surface area contributed by atoms with E-state index in [0.717, 1.165) is 44.0 Å². The molecule has 0 bridgehead atoms. The van der Waals surface area contributed by atoms with Crippen molar-refractivity contribution in [3.8, 4) is 0 Å². The monoisotopic (exact) mass is 336 g/mol. The topological polar surface area (TPSA) is 40.5 Å². The van der Waals surface area contributed by atoms with Gasteiger partial charge in [-0.05, 0) is 31.2 Å². The Labute approximate surface area is 140 Å². The molecule has 2 aromatic rings. The van der Waals surface area contributed by atoms with Crippen molar-refractivity contribution in [2.75, 3.05) is 27.2 Å². The van der Waals surface area contributed by atoms with Crippen LogP contribution in [0.15, 0.2) is 27.9 Å². The number of rotatable bonds is 7. The lowest BCUT2D eigenvalue weighted by Gasteiger charge is -2.21. The van der Waals surface area contributed by atoms with E-state index in [-0.39, 0.29) is 0 Å². The summed E-state index contributed by atoms with van der Waals surface area (Å²) in [6, 6.07) is 4.29. The molecule has 0 aliphatic carbocycles. The van der Waals surface area contributed by atoms with Crippen LogP contribution in [0.25, 0.3) is 0 Å². The summed E-state index contributed by atoms with van der Waals surface area (Å²) in [5, 5.41) is 8.89. The summed E-state index contributed by atoms with van der Waals surface area (Å²) in [4.78, 5) is 12.5. The molecule has 6 heteroatoms. The van der Waals surface area contributed by atoms with Gasteiger partial charge in [0.1, 0.15) is 0 Å². The number of thiazole rings is 1. The van der Waals surface area contributed by atoms with Gasteiger partial charge < -0.3 is 10.2 Å². The maximum atomic E-state index is 4.49. The molecule has 0 aliphatic heterocycles. The van der Waals surface area contributed by atoms with E-state index >= 15 is 0 Å². The summed E-state index contributed by atoms with van der Waals surface area (Å²) < 4.78 is 0. The van der Waals surface area contributed by atoms with Crippen molar-refractivity contribution < 1.29 is 0 Å². The minimum atomic E-state index is 0.925. The molecule has 4 nitrogen and oxygen atoms in total. The first-order valence-electron chi connectivity index (χ1n) is 7.54. The molecule has 0 saturated carbocycles. The Morgan fingerprint density at radius 3 is 2.86 bits per heavy atom. The highest BCUT2D eigenvalue weighted by Gasteiger charge is 2.06. The second-order valence-corrected chi connectivity index (χ2v) is 7.19. The molecular formula is C16H24N4S2. The average molecular weight is 337 g/mol. The van der Waals surface area contributed by atoms with Gasteiger partial charge in [0.2, 0.25) is 0 Å². The molecule has 0 spiro atoms. The fourth-order valence-corrected chi connectivity index (χ4v) is 3.70. The van der Waals surface area contributed by atoms with E-state index in [0.29, 0.717) is 0 Å². The van der Waals surface area contributed by atoms with Crippen LogP contribution in [0.5, 0.6) is 0 Å². The molecule has 0 fully saturated rings. The van der Waals surface area contributed by atoms with Gasteiger partial charge in [-0.3, -0.25) is 4.99 Å². The standard InChI is InChI=1S/C16H24N4S2/c1-13-12-22-15(19-13)7-4-9-18-16(17-2)20(3)10-8-14-6-5-11-21-14/h5-6,11-12H,4,7-10H2,1-3H3,(H,17,18). The fraction of sp³-hybridized carbons (Fsp3) is 0.500. The van der Waals surface area contributed by atoms with Crippen molar-refractivity contribution >= 4 is 28.6 Å². The van der Waals surface area contributed by atoms with Crippen molar-refractivity contribution in [2.24, 2.45) is 4.99 Å². The SMILES string of the molecule is CN=C(NCCCc1nc(C)cs1)N(C)CCc1cccs1. The molecule has 0 aromatic carbocycles. The van der Waals surface area contributed by atoms with Gasteiger partial charge in [0, 0.05) is 49.6 Å². The van der Waals surface area contributed by atoms with Gasteiger partial charge in [-0.25, -0.2) is 4.98 Å².